The monoisotopic (exact) mass is 408 g/mol. The number of amides is 3. The van der Waals surface area contributed by atoms with Crippen LogP contribution in [0.4, 0.5) is 4.79 Å². The number of thioether (sulfide) groups is 1. The van der Waals surface area contributed by atoms with E-state index in [1.165, 1.54) is 16.7 Å². The van der Waals surface area contributed by atoms with Crippen molar-refractivity contribution in [1.29, 1.82) is 0 Å². The van der Waals surface area contributed by atoms with E-state index < -0.39 is 5.25 Å². The van der Waals surface area contributed by atoms with Crippen LogP contribution in [0.2, 0.25) is 0 Å². The maximum atomic E-state index is 12.7. The second kappa shape index (κ2) is 8.44. The fourth-order valence-corrected chi connectivity index (χ4v) is 4.01. The molecule has 148 valence electrons. The third kappa shape index (κ3) is 4.14. The van der Waals surface area contributed by atoms with Crippen molar-refractivity contribution in [2.24, 2.45) is 0 Å². The van der Waals surface area contributed by atoms with Crippen LogP contribution in [0.5, 0.6) is 0 Å². The van der Waals surface area contributed by atoms with E-state index in [0.29, 0.717) is 30.6 Å². The summed E-state index contributed by atoms with van der Waals surface area (Å²) >= 11 is 1.30. The average molecular weight is 408 g/mol. The van der Waals surface area contributed by atoms with Gasteiger partial charge in [-0.15, -0.1) is 10.2 Å². The van der Waals surface area contributed by atoms with Crippen molar-refractivity contribution in [2.45, 2.75) is 23.9 Å². The maximum absolute atomic E-state index is 12.7. The molecule has 0 aliphatic carbocycles. The van der Waals surface area contributed by atoms with Crippen molar-refractivity contribution in [1.82, 2.24) is 30.0 Å². The molecule has 1 N–H and O–H groups in total. The first kappa shape index (κ1) is 19.1. The number of rotatable bonds is 6. The summed E-state index contributed by atoms with van der Waals surface area (Å²) in [7, 11) is 0. The number of nitrogens with zero attached hydrogens (tertiary/aromatic N) is 5. The number of aromatic nitrogens is 4. The first-order chi connectivity index (χ1) is 14.1. The highest BCUT2D eigenvalue weighted by molar-refractivity contribution is 8.00. The summed E-state index contributed by atoms with van der Waals surface area (Å²) in [5.74, 6) is 0.449. The van der Waals surface area contributed by atoms with Crippen LogP contribution >= 0.6 is 11.8 Å². The Labute approximate surface area is 172 Å². The topological polar surface area (TPSA) is 93.0 Å². The lowest BCUT2D eigenvalue weighted by Gasteiger charge is -2.17. The van der Waals surface area contributed by atoms with Gasteiger partial charge in [-0.2, -0.15) is 0 Å². The van der Waals surface area contributed by atoms with E-state index in [4.69, 9.17) is 0 Å². The number of hydrogen-bond acceptors (Lipinski definition) is 6. The van der Waals surface area contributed by atoms with Crippen LogP contribution in [-0.4, -0.2) is 54.9 Å². The fourth-order valence-electron chi connectivity index (χ4n) is 3.10. The van der Waals surface area contributed by atoms with Crippen LogP contribution in [0, 0.1) is 0 Å². The third-order valence-corrected chi connectivity index (χ3v) is 5.64. The SMILES string of the molecule is C[C@H](Sc1nnc(-c2cccnc2)n1Cc1ccccc1)C(=O)N1CCNC1=O. The Morgan fingerprint density at radius 3 is 2.72 bits per heavy atom. The van der Waals surface area contributed by atoms with Gasteiger partial charge in [0.1, 0.15) is 0 Å². The summed E-state index contributed by atoms with van der Waals surface area (Å²) in [5.41, 5.74) is 1.94. The number of carbonyl (C=O) groups is 2. The van der Waals surface area contributed by atoms with Crippen molar-refractivity contribution >= 4 is 23.7 Å². The minimum Gasteiger partial charge on any atom is -0.336 e. The zero-order valence-electron chi connectivity index (χ0n) is 15.9. The van der Waals surface area contributed by atoms with E-state index in [-0.39, 0.29) is 11.9 Å². The average Bonchev–Trinajstić information content (AvgIpc) is 3.35. The molecule has 9 heteroatoms. The zero-order chi connectivity index (χ0) is 20.2. The molecule has 1 aliphatic heterocycles. The molecule has 1 aromatic carbocycles. The summed E-state index contributed by atoms with van der Waals surface area (Å²) in [5, 5.41) is 11.5. The van der Waals surface area contributed by atoms with Gasteiger partial charge in [-0.25, -0.2) is 4.79 Å². The number of hydrogen-bond donors (Lipinski definition) is 1. The maximum Gasteiger partial charge on any atom is 0.324 e. The fraction of sp³-hybridized carbons (Fsp3) is 0.250. The molecule has 0 unspecified atom stereocenters. The molecule has 0 bridgehead atoms. The van der Waals surface area contributed by atoms with Crippen LogP contribution in [0.1, 0.15) is 12.5 Å². The van der Waals surface area contributed by atoms with Gasteiger partial charge in [0.2, 0.25) is 5.91 Å². The second-order valence-electron chi connectivity index (χ2n) is 6.60. The highest BCUT2D eigenvalue weighted by Crippen LogP contribution is 2.28. The lowest BCUT2D eigenvalue weighted by Crippen LogP contribution is -2.39. The highest BCUT2D eigenvalue weighted by Gasteiger charge is 2.31. The van der Waals surface area contributed by atoms with Gasteiger partial charge < -0.3 is 5.32 Å². The molecule has 8 nitrogen and oxygen atoms in total. The number of benzene rings is 1. The molecular formula is C20H20N6O2S. The predicted molar refractivity (Wildman–Crippen MR) is 109 cm³/mol. The molecule has 1 aliphatic rings. The van der Waals surface area contributed by atoms with Gasteiger partial charge in [0.05, 0.1) is 11.8 Å². The first-order valence-corrected chi connectivity index (χ1v) is 10.1. The van der Waals surface area contributed by atoms with Crippen molar-refractivity contribution in [3.63, 3.8) is 0 Å². The summed E-state index contributed by atoms with van der Waals surface area (Å²) in [6.45, 7) is 3.22. The molecule has 3 aromatic rings. The van der Waals surface area contributed by atoms with Crippen molar-refractivity contribution in [2.75, 3.05) is 13.1 Å². The molecule has 1 saturated heterocycles. The minimum absolute atomic E-state index is 0.234. The van der Waals surface area contributed by atoms with E-state index in [1.54, 1.807) is 19.3 Å². The predicted octanol–water partition coefficient (Wildman–Crippen LogP) is 2.42. The standard InChI is InChI=1S/C20H20N6O2S/c1-14(18(27)25-11-10-22-19(25)28)29-20-24-23-17(16-8-5-9-21-12-16)26(20)13-15-6-3-2-4-7-15/h2-9,12,14H,10-11,13H2,1H3,(H,22,28)/t14-/m0/s1. The Morgan fingerprint density at radius 2 is 2.03 bits per heavy atom. The first-order valence-electron chi connectivity index (χ1n) is 9.27. The highest BCUT2D eigenvalue weighted by atomic mass is 32.2. The molecule has 0 radical (unpaired) electrons. The Morgan fingerprint density at radius 1 is 1.21 bits per heavy atom. The molecule has 29 heavy (non-hydrogen) atoms. The van der Waals surface area contributed by atoms with E-state index in [2.05, 4.69) is 20.5 Å². The smallest absolute Gasteiger partial charge is 0.324 e. The Kier molecular flexibility index (Phi) is 5.57. The van der Waals surface area contributed by atoms with Gasteiger partial charge in [0.15, 0.2) is 11.0 Å². The van der Waals surface area contributed by atoms with Crippen molar-refractivity contribution in [3.8, 4) is 11.4 Å². The number of nitrogens with one attached hydrogen (secondary N) is 1. The summed E-state index contributed by atoms with van der Waals surface area (Å²) < 4.78 is 1.98. The summed E-state index contributed by atoms with van der Waals surface area (Å²) in [6.07, 6.45) is 3.45. The molecule has 0 spiro atoms. The molecule has 0 saturated carbocycles. The van der Waals surface area contributed by atoms with E-state index in [9.17, 15) is 9.59 Å². The third-order valence-electron chi connectivity index (χ3n) is 4.57. The number of pyridine rings is 1. The molecule has 3 heterocycles. The normalized spacial score (nSPS) is 14.7. The van der Waals surface area contributed by atoms with E-state index in [1.807, 2.05) is 47.0 Å². The largest absolute Gasteiger partial charge is 0.336 e. The molecule has 1 atom stereocenters. The number of carbonyl (C=O) groups excluding carboxylic acids is 2. The molecular weight excluding hydrogens is 388 g/mol. The van der Waals surface area contributed by atoms with Gasteiger partial charge in [-0.3, -0.25) is 19.2 Å². The molecule has 3 amide bonds. The van der Waals surface area contributed by atoms with Gasteiger partial charge >= 0.3 is 6.03 Å². The minimum atomic E-state index is -0.473. The number of imide groups is 1. The van der Waals surface area contributed by atoms with E-state index in [0.717, 1.165) is 11.1 Å². The zero-order valence-corrected chi connectivity index (χ0v) is 16.7. The van der Waals surface area contributed by atoms with Crippen molar-refractivity contribution in [3.05, 3.63) is 60.4 Å². The van der Waals surface area contributed by atoms with Crippen molar-refractivity contribution < 1.29 is 9.59 Å². The second-order valence-corrected chi connectivity index (χ2v) is 7.91. The van der Waals surface area contributed by atoms with Gasteiger partial charge in [0.25, 0.3) is 0 Å². The summed E-state index contributed by atoms with van der Waals surface area (Å²) in [4.78, 5) is 29.9. The quantitative estimate of drug-likeness (QED) is 0.630. The van der Waals surface area contributed by atoms with Gasteiger partial charge in [-0.1, -0.05) is 42.1 Å². The lowest BCUT2D eigenvalue weighted by atomic mass is 10.2. The Balaban J connectivity index is 1.63. The van der Waals surface area contributed by atoms with Crippen LogP contribution in [0.15, 0.2) is 60.0 Å². The van der Waals surface area contributed by atoms with Crippen LogP contribution in [0.3, 0.4) is 0 Å². The van der Waals surface area contributed by atoms with Gasteiger partial charge in [-0.05, 0) is 24.6 Å². The summed E-state index contributed by atoms with van der Waals surface area (Å²) in [6, 6.07) is 13.4. The Hall–Kier alpha value is -3.20. The van der Waals surface area contributed by atoms with E-state index >= 15 is 0 Å². The molecule has 1 fully saturated rings. The lowest BCUT2D eigenvalue weighted by molar-refractivity contribution is -0.126. The van der Waals surface area contributed by atoms with Crippen LogP contribution in [-0.2, 0) is 11.3 Å². The molecule has 2 aromatic heterocycles. The van der Waals surface area contributed by atoms with Crippen LogP contribution in [0.25, 0.3) is 11.4 Å². The number of urea groups is 1. The molecule has 4 rings (SSSR count). The van der Waals surface area contributed by atoms with Gasteiger partial charge in [0, 0.05) is 31.0 Å². The van der Waals surface area contributed by atoms with Crippen LogP contribution < -0.4 is 5.32 Å². The Bertz CT molecular complexity index is 1010.